The smallest absolute Gasteiger partial charge is 0.333 e. The molecule has 0 heterocycles. The summed E-state index contributed by atoms with van der Waals surface area (Å²) >= 11 is 0. The van der Waals surface area contributed by atoms with E-state index in [-0.39, 0.29) is 25.3 Å². The fraction of sp³-hybridized carbons (Fsp3) is 0.550. The second-order valence-electron chi connectivity index (χ2n) is 6.28. The molecule has 0 unspecified atom stereocenters. The van der Waals surface area contributed by atoms with Gasteiger partial charge in [0.05, 0.1) is 0 Å². The monoisotopic (exact) mass is 366 g/mol. The van der Waals surface area contributed by atoms with Crippen LogP contribution in [0.25, 0.3) is 0 Å². The molecule has 0 aromatic carbocycles. The average molecular weight is 366 g/mol. The zero-order valence-electron chi connectivity index (χ0n) is 16.1. The second-order valence-corrected chi connectivity index (χ2v) is 6.28. The summed E-state index contributed by atoms with van der Waals surface area (Å²) in [5.74, 6) is -1.21. The Morgan fingerprint density at radius 1 is 0.731 bits per heavy atom. The lowest BCUT2D eigenvalue weighted by atomic mass is 9.98. The molecule has 0 atom stereocenters. The van der Waals surface area contributed by atoms with Crippen LogP contribution >= 0.6 is 0 Å². The van der Waals surface area contributed by atoms with E-state index < -0.39 is 11.9 Å². The fourth-order valence-corrected chi connectivity index (χ4v) is 1.95. The minimum atomic E-state index is -0.489. The first-order valence-corrected chi connectivity index (χ1v) is 8.66. The molecule has 0 aromatic heterocycles. The van der Waals surface area contributed by atoms with E-state index in [1.807, 2.05) is 0 Å². The highest BCUT2D eigenvalue weighted by Crippen LogP contribution is 2.20. The highest BCUT2D eigenvalue weighted by atomic mass is 16.6. The Morgan fingerprint density at radius 2 is 1.12 bits per heavy atom. The Kier molecular flexibility index (Phi) is 11.7. The number of carbonyl (C=O) groups excluding carboxylic acids is 3. The van der Waals surface area contributed by atoms with Gasteiger partial charge in [0.2, 0.25) is 0 Å². The van der Waals surface area contributed by atoms with Gasteiger partial charge in [-0.3, -0.25) is 0 Å². The van der Waals surface area contributed by atoms with Crippen molar-refractivity contribution in [1.29, 1.82) is 0 Å². The van der Waals surface area contributed by atoms with Crippen molar-refractivity contribution >= 4 is 17.9 Å². The molecule has 0 radical (unpaired) electrons. The van der Waals surface area contributed by atoms with Crippen LogP contribution in [0.2, 0.25) is 0 Å². The third kappa shape index (κ3) is 11.2. The summed E-state index contributed by atoms with van der Waals surface area (Å²) in [6.45, 7) is 15.2. The number of hydrogen-bond acceptors (Lipinski definition) is 6. The van der Waals surface area contributed by atoms with Crippen molar-refractivity contribution in [2.24, 2.45) is 0 Å². The molecular weight excluding hydrogens is 336 g/mol. The van der Waals surface area contributed by atoms with Crippen LogP contribution in [-0.2, 0) is 28.6 Å². The van der Waals surface area contributed by atoms with Crippen molar-refractivity contribution in [3.8, 4) is 0 Å². The van der Waals surface area contributed by atoms with E-state index in [1.165, 1.54) is 19.3 Å². The third-order valence-electron chi connectivity index (χ3n) is 3.42. The van der Waals surface area contributed by atoms with Crippen molar-refractivity contribution < 1.29 is 28.6 Å². The van der Waals surface area contributed by atoms with Crippen LogP contribution in [0, 0.1) is 0 Å². The van der Waals surface area contributed by atoms with Crippen LogP contribution in [0.15, 0.2) is 36.5 Å². The van der Waals surface area contributed by atoms with Crippen LogP contribution in [0.4, 0.5) is 0 Å². The summed E-state index contributed by atoms with van der Waals surface area (Å²) in [6.07, 6.45) is 5.87. The summed E-state index contributed by atoms with van der Waals surface area (Å²) in [6, 6.07) is 0. The van der Waals surface area contributed by atoms with E-state index in [2.05, 4.69) is 29.2 Å². The molecule has 6 nitrogen and oxygen atoms in total. The maximum absolute atomic E-state index is 11.1. The topological polar surface area (TPSA) is 78.9 Å². The van der Waals surface area contributed by atoms with Gasteiger partial charge in [-0.15, -0.1) is 0 Å². The molecule has 0 spiro atoms. The summed E-state index contributed by atoms with van der Waals surface area (Å²) < 4.78 is 14.6. The van der Waals surface area contributed by atoms with Crippen LogP contribution in [-0.4, -0.2) is 37.2 Å². The lowest BCUT2D eigenvalue weighted by Crippen LogP contribution is -2.20. The van der Waals surface area contributed by atoms with Crippen molar-refractivity contribution in [1.82, 2.24) is 0 Å². The molecule has 1 fully saturated rings. The van der Waals surface area contributed by atoms with Crippen LogP contribution in [0.3, 0.4) is 0 Å². The largest absolute Gasteiger partial charge is 0.459 e. The Balaban J connectivity index is 0.000000485. The number of hydrogen-bond donors (Lipinski definition) is 0. The van der Waals surface area contributed by atoms with Gasteiger partial charge in [0.1, 0.15) is 19.3 Å². The second kappa shape index (κ2) is 12.9. The number of carbonyl (C=O) groups is 3. The quantitative estimate of drug-likeness (QED) is 0.296. The van der Waals surface area contributed by atoms with E-state index in [4.69, 9.17) is 4.74 Å². The van der Waals surface area contributed by atoms with Gasteiger partial charge in [-0.25, -0.2) is 14.4 Å². The highest BCUT2D eigenvalue weighted by Gasteiger charge is 2.17. The summed E-state index contributed by atoms with van der Waals surface area (Å²) in [5.41, 5.74) is 1.13. The predicted molar refractivity (Wildman–Crippen MR) is 99.3 cm³/mol. The standard InChI is InChI=1S/C10H14O4.C10H16O2/c1-7(2)9(11)13-5-6-14-10(12)8(3)4;1-8(2)10(11)12-9-6-4-3-5-7-9/h1,3,5-6H2,2,4H3;9H,1,3-7H2,2H3. The molecule has 1 rings (SSSR count). The maximum Gasteiger partial charge on any atom is 0.333 e. The third-order valence-corrected chi connectivity index (χ3v) is 3.42. The first-order chi connectivity index (χ1) is 12.1. The van der Waals surface area contributed by atoms with Gasteiger partial charge in [-0.05, 0) is 46.5 Å². The molecule has 0 N–H and O–H groups in total. The molecule has 0 aromatic rings. The molecule has 1 aliphatic rings. The van der Waals surface area contributed by atoms with E-state index in [1.54, 1.807) is 20.8 Å². The van der Waals surface area contributed by atoms with E-state index >= 15 is 0 Å². The summed E-state index contributed by atoms with van der Waals surface area (Å²) in [5, 5.41) is 0. The molecule has 1 aliphatic carbocycles. The van der Waals surface area contributed by atoms with Gasteiger partial charge >= 0.3 is 17.9 Å². The number of rotatable bonds is 7. The summed E-state index contributed by atoms with van der Waals surface area (Å²) in [7, 11) is 0. The van der Waals surface area contributed by atoms with E-state index in [0.29, 0.717) is 16.7 Å². The maximum atomic E-state index is 11.1. The molecular formula is C20H30O6. The van der Waals surface area contributed by atoms with E-state index in [0.717, 1.165) is 12.8 Å². The first kappa shape index (κ1) is 23.6. The Bertz CT molecular complexity index is 513. The molecule has 0 aliphatic heterocycles. The first-order valence-electron chi connectivity index (χ1n) is 8.66. The fourth-order valence-electron chi connectivity index (χ4n) is 1.95. The van der Waals surface area contributed by atoms with E-state index in [9.17, 15) is 14.4 Å². The van der Waals surface area contributed by atoms with Gasteiger partial charge in [-0.1, -0.05) is 26.2 Å². The number of ether oxygens (including phenoxy) is 3. The number of esters is 3. The normalized spacial score (nSPS) is 13.5. The zero-order valence-corrected chi connectivity index (χ0v) is 16.1. The Morgan fingerprint density at radius 3 is 1.46 bits per heavy atom. The van der Waals surface area contributed by atoms with Gasteiger partial charge < -0.3 is 14.2 Å². The molecule has 0 amide bonds. The predicted octanol–water partition coefficient (Wildman–Crippen LogP) is 3.66. The van der Waals surface area contributed by atoms with Crippen LogP contribution < -0.4 is 0 Å². The Labute approximate surface area is 155 Å². The van der Waals surface area contributed by atoms with Crippen molar-refractivity contribution in [2.45, 2.75) is 59.0 Å². The minimum Gasteiger partial charge on any atom is -0.459 e. The SMILES string of the molecule is C=C(C)C(=O)OC1CCCCC1.C=C(C)C(=O)OCCOC(=O)C(=C)C. The van der Waals surface area contributed by atoms with Gasteiger partial charge in [-0.2, -0.15) is 0 Å². The van der Waals surface area contributed by atoms with Gasteiger partial charge in [0, 0.05) is 16.7 Å². The van der Waals surface area contributed by atoms with Gasteiger partial charge in [0.25, 0.3) is 0 Å². The lowest BCUT2D eigenvalue weighted by molar-refractivity contribution is -0.147. The van der Waals surface area contributed by atoms with Gasteiger partial charge in [0.15, 0.2) is 0 Å². The summed E-state index contributed by atoms with van der Waals surface area (Å²) in [4.78, 5) is 32.8. The lowest BCUT2D eigenvalue weighted by Gasteiger charge is -2.21. The van der Waals surface area contributed by atoms with Crippen molar-refractivity contribution in [3.05, 3.63) is 36.5 Å². The van der Waals surface area contributed by atoms with Crippen LogP contribution in [0.1, 0.15) is 52.9 Å². The molecule has 146 valence electrons. The molecule has 26 heavy (non-hydrogen) atoms. The Hall–Kier alpha value is -2.37. The molecule has 0 bridgehead atoms. The zero-order chi connectivity index (χ0) is 20.1. The minimum absolute atomic E-state index is 0.0325. The van der Waals surface area contributed by atoms with Crippen LogP contribution in [0.5, 0.6) is 0 Å². The average Bonchev–Trinajstić information content (AvgIpc) is 2.59. The van der Waals surface area contributed by atoms with Crippen molar-refractivity contribution in [3.63, 3.8) is 0 Å². The molecule has 0 saturated heterocycles. The highest BCUT2D eigenvalue weighted by molar-refractivity contribution is 5.88. The molecule has 1 saturated carbocycles. The van der Waals surface area contributed by atoms with Crippen molar-refractivity contribution in [2.75, 3.05) is 13.2 Å². The molecule has 6 heteroatoms.